The van der Waals surface area contributed by atoms with Gasteiger partial charge in [0.25, 0.3) is 0 Å². The van der Waals surface area contributed by atoms with Crippen molar-refractivity contribution < 1.29 is 23.1 Å². The van der Waals surface area contributed by atoms with E-state index in [9.17, 15) is 18.4 Å². The lowest BCUT2D eigenvalue weighted by molar-refractivity contribution is 0.0519. The molecule has 0 saturated heterocycles. The van der Waals surface area contributed by atoms with Crippen molar-refractivity contribution in [3.63, 3.8) is 0 Å². The zero-order valence-corrected chi connectivity index (χ0v) is 16.4. The molecule has 3 rings (SSSR count). The average molecular weight is 407 g/mol. The number of ether oxygens (including phenoxy) is 1. The molecule has 1 N–H and O–H groups in total. The third-order valence-corrected chi connectivity index (χ3v) is 5.24. The number of para-hydroxylation sites is 2. The number of ketones is 1. The van der Waals surface area contributed by atoms with E-state index in [2.05, 4.69) is 9.97 Å². The summed E-state index contributed by atoms with van der Waals surface area (Å²) in [7, 11) is 0. The number of Topliss-reactive ketones (excluding diaryl/α,β-unsaturated/α-hetero) is 1. The lowest BCUT2D eigenvalue weighted by atomic mass is 10.1. The van der Waals surface area contributed by atoms with E-state index in [1.54, 1.807) is 45.0 Å². The van der Waals surface area contributed by atoms with Crippen LogP contribution in [0, 0.1) is 13.8 Å². The molecule has 148 valence electrons. The number of esters is 1. The van der Waals surface area contributed by atoms with Crippen molar-refractivity contribution in [3.05, 3.63) is 46.8 Å². The number of H-pyrrole nitrogens is 1. The minimum absolute atomic E-state index is 0.0704. The third-order valence-electron chi connectivity index (χ3n) is 4.29. The molecular weight excluding hydrogens is 388 g/mol. The van der Waals surface area contributed by atoms with Gasteiger partial charge in [-0.2, -0.15) is 8.78 Å². The lowest BCUT2D eigenvalue weighted by Crippen LogP contribution is -2.09. The molecule has 0 unspecified atom stereocenters. The Bertz CT molecular complexity index is 1040. The number of aryl methyl sites for hydroxylation is 1. The van der Waals surface area contributed by atoms with Crippen LogP contribution in [-0.2, 0) is 4.74 Å². The number of rotatable bonds is 7. The fourth-order valence-corrected chi connectivity index (χ4v) is 3.98. The van der Waals surface area contributed by atoms with Crippen molar-refractivity contribution in [2.75, 3.05) is 12.4 Å². The van der Waals surface area contributed by atoms with Gasteiger partial charge in [-0.3, -0.25) is 9.36 Å². The number of benzene rings is 1. The van der Waals surface area contributed by atoms with Crippen molar-refractivity contribution in [1.82, 2.24) is 14.5 Å². The molecule has 1 aromatic carbocycles. The second kappa shape index (κ2) is 8.14. The summed E-state index contributed by atoms with van der Waals surface area (Å²) >= 11 is 0.942. The number of hydrogen-bond donors (Lipinski definition) is 1. The van der Waals surface area contributed by atoms with Crippen LogP contribution in [0.3, 0.4) is 0 Å². The zero-order chi connectivity index (χ0) is 20.4. The molecule has 0 atom stereocenters. The van der Waals surface area contributed by atoms with Crippen LogP contribution in [0.1, 0.15) is 45.6 Å². The predicted molar refractivity (Wildman–Crippen MR) is 102 cm³/mol. The Kier molecular flexibility index (Phi) is 5.83. The van der Waals surface area contributed by atoms with Gasteiger partial charge in [0.1, 0.15) is 5.69 Å². The number of aromatic nitrogens is 3. The van der Waals surface area contributed by atoms with Crippen LogP contribution in [0.25, 0.3) is 11.0 Å². The summed E-state index contributed by atoms with van der Waals surface area (Å²) in [6, 6.07) is 6.58. The Balaban J connectivity index is 1.85. The molecule has 2 aromatic heterocycles. The molecular formula is C19H19F2N3O3S. The molecule has 0 aliphatic heterocycles. The highest BCUT2D eigenvalue weighted by Gasteiger charge is 2.24. The van der Waals surface area contributed by atoms with Crippen molar-refractivity contribution >= 4 is 34.5 Å². The maximum absolute atomic E-state index is 13.5. The van der Waals surface area contributed by atoms with Crippen LogP contribution in [0.15, 0.2) is 29.4 Å². The number of aromatic amines is 1. The first-order valence-corrected chi connectivity index (χ1v) is 9.61. The topological polar surface area (TPSA) is 77.0 Å². The molecule has 6 nitrogen and oxygen atoms in total. The molecule has 0 amide bonds. The van der Waals surface area contributed by atoms with Gasteiger partial charge in [0, 0.05) is 11.3 Å². The molecule has 0 spiro atoms. The predicted octanol–water partition coefficient (Wildman–Crippen LogP) is 4.53. The Morgan fingerprint density at radius 1 is 1.29 bits per heavy atom. The molecule has 2 heterocycles. The number of nitrogens with one attached hydrogen (secondary N) is 1. The number of hydrogen-bond acceptors (Lipinski definition) is 5. The summed E-state index contributed by atoms with van der Waals surface area (Å²) in [5, 5.41) is 0.0704. The van der Waals surface area contributed by atoms with E-state index in [-0.39, 0.29) is 29.0 Å². The van der Waals surface area contributed by atoms with E-state index in [1.807, 2.05) is 0 Å². The van der Waals surface area contributed by atoms with Crippen LogP contribution in [0.5, 0.6) is 0 Å². The van der Waals surface area contributed by atoms with E-state index in [0.717, 1.165) is 16.3 Å². The fraction of sp³-hybridized carbons (Fsp3) is 0.316. The summed E-state index contributed by atoms with van der Waals surface area (Å²) in [5.74, 6) is -0.897. The van der Waals surface area contributed by atoms with Crippen molar-refractivity contribution in [3.8, 4) is 0 Å². The van der Waals surface area contributed by atoms with E-state index in [1.165, 1.54) is 0 Å². The number of nitrogens with zero attached hydrogens (tertiary/aromatic N) is 2. The summed E-state index contributed by atoms with van der Waals surface area (Å²) < 4.78 is 32.8. The molecule has 9 heteroatoms. The van der Waals surface area contributed by atoms with Crippen LogP contribution in [-0.4, -0.2) is 38.6 Å². The van der Waals surface area contributed by atoms with Gasteiger partial charge in [-0.15, -0.1) is 0 Å². The van der Waals surface area contributed by atoms with Gasteiger partial charge in [-0.25, -0.2) is 9.78 Å². The average Bonchev–Trinajstić information content (AvgIpc) is 3.17. The van der Waals surface area contributed by atoms with Crippen molar-refractivity contribution in [2.45, 2.75) is 32.5 Å². The molecule has 0 saturated carbocycles. The fourth-order valence-electron chi connectivity index (χ4n) is 3.09. The molecule has 0 fully saturated rings. The van der Waals surface area contributed by atoms with Crippen molar-refractivity contribution in [2.24, 2.45) is 0 Å². The van der Waals surface area contributed by atoms with Crippen molar-refractivity contribution in [1.29, 1.82) is 0 Å². The number of halogens is 2. The second-order valence-electron chi connectivity index (χ2n) is 6.09. The summed E-state index contributed by atoms with van der Waals surface area (Å²) in [4.78, 5) is 31.8. The smallest absolute Gasteiger partial charge is 0.355 e. The minimum atomic E-state index is -2.77. The standard InChI is InChI=1S/C19H19F2N3O3S/c1-4-27-17(26)16-10(2)15(11(3)22-16)14(25)9-28-19-23-12-7-5-6-8-13(12)24(19)18(20)21/h5-8,18,22H,4,9H2,1-3H3. The molecule has 0 aliphatic rings. The third kappa shape index (κ3) is 3.66. The van der Waals surface area contributed by atoms with Crippen LogP contribution < -0.4 is 0 Å². The molecule has 0 aliphatic carbocycles. The minimum Gasteiger partial charge on any atom is -0.461 e. The Labute approximate surface area is 164 Å². The van der Waals surface area contributed by atoms with E-state index >= 15 is 0 Å². The molecule has 0 radical (unpaired) electrons. The number of fused-ring (bicyclic) bond motifs is 1. The van der Waals surface area contributed by atoms with Gasteiger partial charge < -0.3 is 9.72 Å². The Morgan fingerprint density at radius 3 is 2.68 bits per heavy atom. The summed E-state index contributed by atoms with van der Waals surface area (Å²) in [6.45, 7) is 2.49. The number of alkyl halides is 2. The van der Waals surface area contributed by atoms with Gasteiger partial charge in [-0.1, -0.05) is 23.9 Å². The quantitative estimate of drug-likeness (QED) is 0.354. The van der Waals surface area contributed by atoms with Gasteiger partial charge in [0.05, 0.1) is 23.4 Å². The number of carbonyl (C=O) groups is 2. The first-order valence-electron chi connectivity index (χ1n) is 8.62. The number of carbonyl (C=O) groups excluding carboxylic acids is 2. The molecule has 0 bridgehead atoms. The zero-order valence-electron chi connectivity index (χ0n) is 15.6. The molecule has 3 aromatic rings. The van der Waals surface area contributed by atoms with Crippen LogP contribution in [0.2, 0.25) is 0 Å². The largest absolute Gasteiger partial charge is 0.461 e. The normalized spacial score (nSPS) is 11.4. The van der Waals surface area contributed by atoms with Gasteiger partial charge in [0.2, 0.25) is 0 Å². The van der Waals surface area contributed by atoms with E-state index < -0.39 is 12.5 Å². The number of imidazole rings is 1. The van der Waals surface area contributed by atoms with Crippen LogP contribution >= 0.6 is 11.8 Å². The maximum atomic E-state index is 13.5. The number of thioether (sulfide) groups is 1. The van der Waals surface area contributed by atoms with E-state index in [4.69, 9.17) is 4.74 Å². The highest BCUT2D eigenvalue weighted by molar-refractivity contribution is 7.99. The first kappa shape index (κ1) is 20.1. The highest BCUT2D eigenvalue weighted by atomic mass is 32.2. The van der Waals surface area contributed by atoms with Gasteiger partial charge in [0.15, 0.2) is 10.9 Å². The van der Waals surface area contributed by atoms with Crippen LogP contribution in [0.4, 0.5) is 8.78 Å². The van der Waals surface area contributed by atoms with Gasteiger partial charge in [-0.05, 0) is 38.5 Å². The van der Waals surface area contributed by atoms with E-state index in [0.29, 0.717) is 27.9 Å². The lowest BCUT2D eigenvalue weighted by Gasteiger charge is -2.07. The second-order valence-corrected chi connectivity index (χ2v) is 7.03. The van der Waals surface area contributed by atoms with Gasteiger partial charge >= 0.3 is 12.5 Å². The maximum Gasteiger partial charge on any atom is 0.355 e. The Hall–Kier alpha value is -2.68. The SMILES string of the molecule is CCOC(=O)c1[nH]c(C)c(C(=O)CSc2nc3ccccc3n2C(F)F)c1C. The monoisotopic (exact) mass is 407 g/mol. The Morgan fingerprint density at radius 2 is 2.00 bits per heavy atom. The summed E-state index contributed by atoms with van der Waals surface area (Å²) in [5.41, 5.74) is 2.38. The highest BCUT2D eigenvalue weighted by Crippen LogP contribution is 2.30. The molecule has 28 heavy (non-hydrogen) atoms. The first-order chi connectivity index (χ1) is 13.3. The summed E-state index contributed by atoms with van der Waals surface area (Å²) in [6.07, 6.45) is 0.